The summed E-state index contributed by atoms with van der Waals surface area (Å²) in [6, 6.07) is 6.16. The van der Waals surface area contributed by atoms with Crippen LogP contribution in [0.15, 0.2) is 29.2 Å². The summed E-state index contributed by atoms with van der Waals surface area (Å²) < 4.78 is 18.0. The number of hydrogen-bond acceptors (Lipinski definition) is 3. The molecule has 0 aliphatic rings. The van der Waals surface area contributed by atoms with Crippen LogP contribution in [-0.4, -0.2) is 9.32 Å². The molecule has 1 rings (SSSR count). The average molecular weight is 186 g/mol. The monoisotopic (exact) mass is 186 g/mol. The molecule has 1 unspecified atom stereocenters. The Bertz CT molecular complexity index is 355. The Labute approximate surface area is 71.1 Å². The third-order valence-corrected chi connectivity index (χ3v) is 2.43. The molecular weight excluding hydrogens is 176 g/mol. The van der Waals surface area contributed by atoms with Gasteiger partial charge in [0.05, 0.1) is 11.5 Å². The van der Waals surface area contributed by atoms with Crippen molar-refractivity contribution in [1.82, 2.24) is 0 Å². The van der Waals surface area contributed by atoms with Crippen molar-refractivity contribution in [3.05, 3.63) is 29.8 Å². The van der Waals surface area contributed by atoms with Crippen LogP contribution in [0.1, 0.15) is 5.56 Å². The van der Waals surface area contributed by atoms with Crippen LogP contribution < -0.4 is 5.14 Å². The second kappa shape index (κ2) is 3.22. The molecule has 1 atom stereocenters. The van der Waals surface area contributed by atoms with Gasteiger partial charge in [0.25, 0.3) is 0 Å². The molecule has 0 amide bonds. The molecule has 0 radical (unpaired) electrons. The van der Waals surface area contributed by atoms with Gasteiger partial charge in [0.1, 0.15) is 9.92 Å². The lowest BCUT2D eigenvalue weighted by Gasteiger charge is -2.00. The lowest BCUT2D eigenvalue weighted by Crippen LogP contribution is -2.09. The van der Waals surface area contributed by atoms with E-state index >= 15 is 0 Å². The number of aliphatic hydroxyl groups is 1. The molecule has 0 heterocycles. The highest BCUT2D eigenvalue weighted by Gasteiger charge is 2.01. The molecule has 5 heteroatoms. The normalized spacial score (nSPS) is 15.5. The van der Waals surface area contributed by atoms with Gasteiger partial charge < -0.3 is 5.11 Å². The zero-order valence-electron chi connectivity index (χ0n) is 6.36. The second-order valence-electron chi connectivity index (χ2n) is 2.40. The van der Waals surface area contributed by atoms with Crippen LogP contribution >= 0.6 is 0 Å². The van der Waals surface area contributed by atoms with Crippen LogP contribution in [0, 0.1) is 4.78 Å². The molecule has 0 saturated heterocycles. The summed E-state index contributed by atoms with van der Waals surface area (Å²) in [5, 5.41) is 13.8. The van der Waals surface area contributed by atoms with Crippen molar-refractivity contribution < 1.29 is 9.32 Å². The quantitative estimate of drug-likeness (QED) is 0.626. The van der Waals surface area contributed by atoms with E-state index in [4.69, 9.17) is 15.0 Å². The summed E-state index contributed by atoms with van der Waals surface area (Å²) in [6.07, 6.45) is 0. The largest absolute Gasteiger partial charge is 0.392 e. The molecule has 0 aromatic heterocycles. The molecule has 66 valence electrons. The molecule has 0 saturated carbocycles. The summed E-state index contributed by atoms with van der Waals surface area (Å²) in [5.41, 5.74) is 0.711. The molecule has 0 aliphatic heterocycles. The SMILES string of the molecule is N=S(N)(=O)c1ccc(CO)cc1. The number of aliphatic hydroxyl groups excluding tert-OH is 1. The first-order valence-corrected chi connectivity index (χ1v) is 4.92. The summed E-state index contributed by atoms with van der Waals surface area (Å²) >= 11 is 0. The van der Waals surface area contributed by atoms with E-state index in [9.17, 15) is 4.21 Å². The van der Waals surface area contributed by atoms with Crippen molar-refractivity contribution in [2.24, 2.45) is 5.14 Å². The lowest BCUT2D eigenvalue weighted by atomic mass is 10.2. The maximum absolute atomic E-state index is 11.0. The lowest BCUT2D eigenvalue weighted by molar-refractivity contribution is 0.282. The number of benzene rings is 1. The van der Waals surface area contributed by atoms with E-state index in [1.807, 2.05) is 0 Å². The van der Waals surface area contributed by atoms with Gasteiger partial charge >= 0.3 is 0 Å². The minimum Gasteiger partial charge on any atom is -0.392 e. The first kappa shape index (κ1) is 9.18. The molecule has 12 heavy (non-hydrogen) atoms. The molecule has 1 aromatic carbocycles. The number of hydrogen-bond donors (Lipinski definition) is 3. The van der Waals surface area contributed by atoms with Gasteiger partial charge in [-0.15, -0.1) is 0 Å². The molecule has 1 aromatic rings. The Hall–Kier alpha value is -0.910. The van der Waals surface area contributed by atoms with Gasteiger partial charge in [-0.25, -0.2) is 14.1 Å². The maximum atomic E-state index is 11.0. The van der Waals surface area contributed by atoms with E-state index in [1.165, 1.54) is 12.1 Å². The van der Waals surface area contributed by atoms with Crippen LogP contribution in [0.25, 0.3) is 0 Å². The van der Waals surface area contributed by atoms with Crippen molar-refractivity contribution in [2.75, 3.05) is 0 Å². The fourth-order valence-electron chi connectivity index (χ4n) is 0.797. The molecule has 0 bridgehead atoms. The minimum atomic E-state index is -3.11. The number of nitrogens with two attached hydrogens (primary N) is 1. The van der Waals surface area contributed by atoms with E-state index in [0.29, 0.717) is 5.56 Å². The van der Waals surface area contributed by atoms with E-state index in [-0.39, 0.29) is 11.5 Å². The highest BCUT2D eigenvalue weighted by Crippen LogP contribution is 2.08. The minimum absolute atomic E-state index is 0.0654. The fraction of sp³-hybridized carbons (Fsp3) is 0.143. The molecule has 0 aliphatic carbocycles. The Morgan fingerprint density at radius 1 is 1.42 bits per heavy atom. The predicted octanol–water partition coefficient (Wildman–Crippen LogP) is 0.458. The van der Waals surface area contributed by atoms with E-state index in [0.717, 1.165) is 0 Å². The summed E-state index contributed by atoms with van der Waals surface area (Å²) in [5.74, 6) is 0. The van der Waals surface area contributed by atoms with Crippen LogP contribution in [0.3, 0.4) is 0 Å². The average Bonchev–Trinajstić information content (AvgIpc) is 2.03. The Morgan fingerprint density at radius 3 is 2.25 bits per heavy atom. The highest BCUT2D eigenvalue weighted by molar-refractivity contribution is 7.90. The summed E-state index contributed by atoms with van der Waals surface area (Å²) in [7, 11) is -3.11. The van der Waals surface area contributed by atoms with Gasteiger partial charge in [-0.3, -0.25) is 0 Å². The van der Waals surface area contributed by atoms with Gasteiger partial charge in [-0.1, -0.05) is 12.1 Å². The van der Waals surface area contributed by atoms with Crippen molar-refractivity contribution in [3.8, 4) is 0 Å². The van der Waals surface area contributed by atoms with Crippen molar-refractivity contribution >= 4 is 9.92 Å². The fourth-order valence-corrected chi connectivity index (χ4v) is 1.34. The van der Waals surface area contributed by atoms with E-state index < -0.39 is 9.92 Å². The molecule has 0 fully saturated rings. The van der Waals surface area contributed by atoms with Crippen molar-refractivity contribution in [1.29, 1.82) is 4.78 Å². The zero-order chi connectivity index (χ0) is 9.19. The Balaban J connectivity index is 3.09. The van der Waals surface area contributed by atoms with Crippen LogP contribution in [0.2, 0.25) is 0 Å². The van der Waals surface area contributed by atoms with Crippen molar-refractivity contribution in [2.45, 2.75) is 11.5 Å². The smallest absolute Gasteiger partial charge is 0.132 e. The zero-order valence-corrected chi connectivity index (χ0v) is 7.17. The first-order chi connectivity index (χ1) is 5.54. The number of nitrogens with one attached hydrogen (secondary N) is 1. The molecule has 4 nitrogen and oxygen atoms in total. The predicted molar refractivity (Wildman–Crippen MR) is 45.7 cm³/mol. The first-order valence-electron chi connectivity index (χ1n) is 3.30. The van der Waals surface area contributed by atoms with Gasteiger partial charge in [0.15, 0.2) is 0 Å². The summed E-state index contributed by atoms with van der Waals surface area (Å²) in [6.45, 7) is -0.0654. The molecule has 0 spiro atoms. The van der Waals surface area contributed by atoms with E-state index in [2.05, 4.69) is 0 Å². The third-order valence-electron chi connectivity index (χ3n) is 1.46. The van der Waals surface area contributed by atoms with Gasteiger partial charge in [-0.2, -0.15) is 0 Å². The van der Waals surface area contributed by atoms with Gasteiger partial charge in [0, 0.05) is 0 Å². The summed E-state index contributed by atoms with van der Waals surface area (Å²) in [4.78, 5) is 0.278. The standard InChI is InChI=1S/C7H10N2O2S/c8-12(9,11)7-3-1-6(5-10)2-4-7/h1-4,10H,5H2,(H3,8,9,11). The molecular formula is C7H10N2O2S. The number of rotatable bonds is 2. The highest BCUT2D eigenvalue weighted by atomic mass is 32.2. The van der Waals surface area contributed by atoms with Crippen LogP contribution in [-0.2, 0) is 16.5 Å². The maximum Gasteiger partial charge on any atom is 0.132 e. The van der Waals surface area contributed by atoms with Gasteiger partial charge in [-0.05, 0) is 17.7 Å². The topological polar surface area (TPSA) is 87.2 Å². The van der Waals surface area contributed by atoms with Crippen LogP contribution in [0.4, 0.5) is 0 Å². The molecule has 4 N–H and O–H groups in total. The van der Waals surface area contributed by atoms with E-state index in [1.54, 1.807) is 12.1 Å². The Kier molecular flexibility index (Phi) is 2.46. The third kappa shape index (κ3) is 2.04. The van der Waals surface area contributed by atoms with Gasteiger partial charge in [0.2, 0.25) is 0 Å². The van der Waals surface area contributed by atoms with Crippen LogP contribution in [0.5, 0.6) is 0 Å². The second-order valence-corrected chi connectivity index (χ2v) is 4.08. The van der Waals surface area contributed by atoms with Crippen molar-refractivity contribution in [3.63, 3.8) is 0 Å². The Morgan fingerprint density at radius 2 is 1.92 bits per heavy atom.